The van der Waals surface area contributed by atoms with Crippen molar-refractivity contribution < 1.29 is 9.59 Å². The Morgan fingerprint density at radius 3 is 2.60 bits per heavy atom. The minimum Gasteiger partial charge on any atom is -0.375 e. The van der Waals surface area contributed by atoms with Gasteiger partial charge in [0, 0.05) is 38.7 Å². The van der Waals surface area contributed by atoms with Gasteiger partial charge in [0.05, 0.1) is 12.2 Å². The van der Waals surface area contributed by atoms with E-state index in [4.69, 9.17) is 0 Å². The van der Waals surface area contributed by atoms with Crippen molar-refractivity contribution in [2.75, 3.05) is 31.6 Å². The molecule has 0 saturated heterocycles. The van der Waals surface area contributed by atoms with Gasteiger partial charge in [0.25, 0.3) is 0 Å². The van der Waals surface area contributed by atoms with Gasteiger partial charge in [0.2, 0.25) is 11.8 Å². The molecule has 1 heterocycles. The lowest BCUT2D eigenvalue weighted by Gasteiger charge is -2.29. The molecule has 0 bridgehead atoms. The van der Waals surface area contributed by atoms with Gasteiger partial charge in [0.15, 0.2) is 0 Å². The molecule has 0 aromatic heterocycles. The van der Waals surface area contributed by atoms with Crippen molar-refractivity contribution in [3.63, 3.8) is 0 Å². The van der Waals surface area contributed by atoms with Gasteiger partial charge in [-0.2, -0.15) is 0 Å². The molecule has 158 valence electrons. The van der Waals surface area contributed by atoms with Crippen molar-refractivity contribution >= 4 is 23.2 Å². The van der Waals surface area contributed by atoms with Crippen molar-refractivity contribution in [3.8, 4) is 0 Å². The van der Waals surface area contributed by atoms with Crippen LogP contribution < -0.4 is 15.6 Å². The summed E-state index contributed by atoms with van der Waals surface area (Å²) < 4.78 is 0. The average molecular weight is 407 g/mol. The number of hydrazine groups is 1. The summed E-state index contributed by atoms with van der Waals surface area (Å²) in [6.07, 6.45) is 3.36. The largest absolute Gasteiger partial charge is 0.375 e. The van der Waals surface area contributed by atoms with Crippen molar-refractivity contribution in [1.82, 2.24) is 15.8 Å². The molecule has 0 fully saturated rings. The van der Waals surface area contributed by atoms with Crippen LogP contribution in [0.3, 0.4) is 0 Å². The summed E-state index contributed by atoms with van der Waals surface area (Å²) in [4.78, 5) is 26.5. The monoisotopic (exact) mass is 406 g/mol. The van der Waals surface area contributed by atoms with Gasteiger partial charge in [0.1, 0.15) is 0 Å². The van der Waals surface area contributed by atoms with E-state index in [-0.39, 0.29) is 18.2 Å². The summed E-state index contributed by atoms with van der Waals surface area (Å²) in [6, 6.07) is 18.3. The number of carbonyl (C=O) groups excluding carboxylic acids is 2. The van der Waals surface area contributed by atoms with Crippen molar-refractivity contribution in [3.05, 3.63) is 71.8 Å². The van der Waals surface area contributed by atoms with E-state index in [2.05, 4.69) is 27.8 Å². The maximum Gasteiger partial charge on any atom is 0.244 e. The molecule has 0 atom stereocenters. The molecule has 0 unspecified atom stereocenters. The van der Waals surface area contributed by atoms with Crippen LogP contribution in [0.15, 0.2) is 60.7 Å². The van der Waals surface area contributed by atoms with Crippen LogP contribution in [-0.2, 0) is 9.59 Å². The summed E-state index contributed by atoms with van der Waals surface area (Å²) in [7, 11) is 2.05. The Morgan fingerprint density at radius 1 is 1.13 bits per heavy atom. The van der Waals surface area contributed by atoms with Crippen LogP contribution in [-0.4, -0.2) is 43.5 Å². The predicted molar refractivity (Wildman–Crippen MR) is 121 cm³/mol. The second kappa shape index (κ2) is 10.5. The highest BCUT2D eigenvalue weighted by atomic mass is 16.2. The van der Waals surface area contributed by atoms with Gasteiger partial charge in [-0.1, -0.05) is 48.0 Å². The third-order valence-electron chi connectivity index (χ3n) is 5.15. The van der Waals surface area contributed by atoms with E-state index >= 15 is 0 Å². The van der Waals surface area contributed by atoms with Crippen LogP contribution >= 0.6 is 0 Å². The van der Waals surface area contributed by atoms with Gasteiger partial charge in [-0.3, -0.25) is 20.0 Å². The number of nitrogens with one attached hydrogen (secondary N) is 2. The van der Waals surface area contributed by atoms with E-state index in [0.717, 1.165) is 29.9 Å². The number of hydrogen-bond acceptors (Lipinski definition) is 4. The maximum absolute atomic E-state index is 12.2. The zero-order valence-electron chi connectivity index (χ0n) is 17.7. The highest BCUT2D eigenvalue weighted by molar-refractivity contribution is 5.84. The Labute approximate surface area is 178 Å². The third-order valence-corrected chi connectivity index (χ3v) is 5.15. The number of nitrogens with zero attached hydrogens (tertiary/aromatic N) is 2. The van der Waals surface area contributed by atoms with Gasteiger partial charge >= 0.3 is 0 Å². The van der Waals surface area contributed by atoms with Crippen LogP contribution in [0.2, 0.25) is 0 Å². The number of anilines is 1. The molecule has 1 aliphatic rings. The quantitative estimate of drug-likeness (QED) is 0.628. The molecule has 2 aromatic rings. The van der Waals surface area contributed by atoms with Crippen LogP contribution in [0.5, 0.6) is 0 Å². The van der Waals surface area contributed by atoms with Gasteiger partial charge in [-0.05, 0) is 37.1 Å². The van der Waals surface area contributed by atoms with E-state index in [9.17, 15) is 9.59 Å². The van der Waals surface area contributed by atoms with E-state index in [1.165, 1.54) is 10.6 Å². The van der Waals surface area contributed by atoms with Crippen molar-refractivity contribution in [1.29, 1.82) is 0 Å². The summed E-state index contributed by atoms with van der Waals surface area (Å²) in [5, 5.41) is 4.49. The van der Waals surface area contributed by atoms with E-state index in [1.807, 2.05) is 62.5 Å². The lowest BCUT2D eigenvalue weighted by Crippen LogP contribution is -2.46. The molecule has 2 amide bonds. The minimum absolute atomic E-state index is 0.0249. The number of carbonyl (C=O) groups is 2. The number of amides is 2. The van der Waals surface area contributed by atoms with Gasteiger partial charge < -0.3 is 10.2 Å². The van der Waals surface area contributed by atoms with E-state index in [1.54, 1.807) is 0 Å². The standard InChI is InChI=1S/C24H30N4O2/c1-19-9-11-20(12-10-19)22-13-14-24(30)28(26-22)18-15-23(29)25-16-6-17-27(2)21-7-4-3-5-8-21/h3-5,7-13,26H,6,14-18H2,1-2H3,(H,25,29). The van der Waals surface area contributed by atoms with Crippen LogP contribution in [0.1, 0.15) is 30.4 Å². The van der Waals surface area contributed by atoms with Crippen molar-refractivity contribution in [2.24, 2.45) is 0 Å². The first kappa shape index (κ1) is 21.4. The highest BCUT2D eigenvalue weighted by Gasteiger charge is 2.20. The fourth-order valence-electron chi connectivity index (χ4n) is 3.31. The number of benzene rings is 2. The molecule has 0 saturated carbocycles. The molecular formula is C24H30N4O2. The molecule has 2 aromatic carbocycles. The Morgan fingerprint density at radius 2 is 1.87 bits per heavy atom. The topological polar surface area (TPSA) is 64.7 Å². The Kier molecular flexibility index (Phi) is 7.49. The van der Waals surface area contributed by atoms with E-state index in [0.29, 0.717) is 19.5 Å². The molecule has 30 heavy (non-hydrogen) atoms. The van der Waals surface area contributed by atoms with Crippen LogP contribution in [0.4, 0.5) is 5.69 Å². The Balaban J connectivity index is 1.38. The summed E-state index contributed by atoms with van der Waals surface area (Å²) in [6.45, 7) is 3.87. The summed E-state index contributed by atoms with van der Waals surface area (Å²) >= 11 is 0. The normalized spacial score (nSPS) is 13.5. The minimum atomic E-state index is -0.0431. The number of para-hydroxylation sites is 1. The molecule has 2 N–H and O–H groups in total. The van der Waals surface area contributed by atoms with Gasteiger partial charge in [-0.25, -0.2) is 0 Å². The average Bonchev–Trinajstić information content (AvgIpc) is 2.77. The maximum atomic E-state index is 12.2. The first-order chi connectivity index (χ1) is 14.5. The van der Waals surface area contributed by atoms with Crippen LogP contribution in [0, 0.1) is 6.92 Å². The molecule has 3 rings (SSSR count). The smallest absolute Gasteiger partial charge is 0.244 e. The number of aryl methyl sites for hydroxylation is 1. The second-order valence-corrected chi connectivity index (χ2v) is 7.56. The Bertz CT molecular complexity index is 878. The second-order valence-electron chi connectivity index (χ2n) is 7.56. The SMILES string of the molecule is Cc1ccc(C2=CCC(=O)N(CCC(=O)NCCCN(C)c3ccccc3)N2)cc1. The first-order valence-corrected chi connectivity index (χ1v) is 10.4. The molecule has 6 nitrogen and oxygen atoms in total. The lowest BCUT2D eigenvalue weighted by atomic mass is 10.1. The molecule has 0 spiro atoms. The fourth-order valence-corrected chi connectivity index (χ4v) is 3.31. The molecule has 0 aliphatic carbocycles. The third kappa shape index (κ3) is 6.11. The highest BCUT2D eigenvalue weighted by Crippen LogP contribution is 2.18. The molecule has 0 radical (unpaired) electrons. The lowest BCUT2D eigenvalue weighted by molar-refractivity contribution is -0.133. The van der Waals surface area contributed by atoms with Crippen LogP contribution in [0.25, 0.3) is 5.70 Å². The predicted octanol–water partition coefficient (Wildman–Crippen LogP) is 3.11. The zero-order chi connectivity index (χ0) is 21.3. The van der Waals surface area contributed by atoms with Crippen molar-refractivity contribution in [2.45, 2.75) is 26.2 Å². The molecular weight excluding hydrogens is 376 g/mol. The fraction of sp³-hybridized carbons (Fsp3) is 0.333. The first-order valence-electron chi connectivity index (χ1n) is 10.4. The van der Waals surface area contributed by atoms with E-state index < -0.39 is 0 Å². The molecule has 6 heteroatoms. The summed E-state index contributed by atoms with van der Waals surface area (Å²) in [5.41, 5.74) is 7.44. The molecule has 1 aliphatic heterocycles. The van der Waals surface area contributed by atoms with Gasteiger partial charge in [-0.15, -0.1) is 0 Å². The zero-order valence-corrected chi connectivity index (χ0v) is 17.7. The number of rotatable bonds is 9. The summed E-state index contributed by atoms with van der Waals surface area (Å²) in [5.74, 6) is -0.0680. The Hall–Kier alpha value is -3.28. The number of hydrogen-bond donors (Lipinski definition) is 2.